The van der Waals surface area contributed by atoms with Crippen molar-refractivity contribution in [2.75, 3.05) is 13.2 Å². The van der Waals surface area contributed by atoms with Crippen molar-refractivity contribution in [1.29, 1.82) is 0 Å². The molecule has 0 saturated carbocycles. The van der Waals surface area contributed by atoms with Crippen LogP contribution in [0.1, 0.15) is 99.3 Å². The lowest BCUT2D eigenvalue weighted by Crippen LogP contribution is -2.06. The van der Waals surface area contributed by atoms with Crippen molar-refractivity contribution < 1.29 is 29.0 Å². The smallest absolute Gasteiger partial charge is 0.305 e. The molecule has 162 valence electrons. The highest BCUT2D eigenvalue weighted by Gasteiger charge is 2.00. The Morgan fingerprint density at radius 2 is 1.19 bits per heavy atom. The van der Waals surface area contributed by atoms with Crippen LogP contribution in [-0.2, 0) is 23.9 Å². The van der Waals surface area contributed by atoms with E-state index in [9.17, 15) is 14.4 Å². The van der Waals surface area contributed by atoms with Crippen molar-refractivity contribution in [3.05, 3.63) is 0 Å². The van der Waals surface area contributed by atoms with Crippen molar-refractivity contribution in [1.82, 2.24) is 0 Å². The number of carboxylic acids is 1. The fourth-order valence-corrected chi connectivity index (χ4v) is 1.51. The van der Waals surface area contributed by atoms with E-state index in [0.29, 0.717) is 38.4 Å². The molecule has 0 bridgehead atoms. The molecule has 0 rings (SSSR count). The Hall–Kier alpha value is -1.59. The summed E-state index contributed by atoms with van der Waals surface area (Å²) in [6.45, 7) is 13.3. The molecule has 0 saturated heterocycles. The molecule has 0 aliphatic heterocycles. The molecule has 27 heavy (non-hydrogen) atoms. The Balaban J connectivity index is -0.000000334. The zero-order valence-corrected chi connectivity index (χ0v) is 18.3. The van der Waals surface area contributed by atoms with E-state index in [1.165, 1.54) is 0 Å². The minimum atomic E-state index is -0.711. The summed E-state index contributed by atoms with van der Waals surface area (Å²) < 4.78 is 9.84. The quantitative estimate of drug-likeness (QED) is 0.355. The highest BCUT2D eigenvalue weighted by atomic mass is 16.5. The van der Waals surface area contributed by atoms with Gasteiger partial charge in [-0.05, 0) is 38.0 Å². The second kappa shape index (κ2) is 24.4. The van der Waals surface area contributed by atoms with Crippen LogP contribution in [0.25, 0.3) is 0 Å². The van der Waals surface area contributed by atoms with Crippen LogP contribution in [0.2, 0.25) is 0 Å². The summed E-state index contributed by atoms with van der Waals surface area (Å²) in [6, 6.07) is 0. The van der Waals surface area contributed by atoms with Crippen LogP contribution in [0, 0.1) is 5.92 Å². The van der Waals surface area contributed by atoms with E-state index in [0.717, 1.165) is 38.5 Å². The molecular weight excluding hydrogens is 348 g/mol. The number of unbranched alkanes of at least 4 members (excludes halogenated alkanes) is 1. The first-order valence-corrected chi connectivity index (χ1v) is 10.3. The summed E-state index contributed by atoms with van der Waals surface area (Å²) >= 11 is 0. The number of aliphatic carboxylic acids is 1. The molecule has 6 nitrogen and oxygen atoms in total. The van der Waals surface area contributed by atoms with Crippen LogP contribution in [0.5, 0.6) is 0 Å². The van der Waals surface area contributed by atoms with E-state index in [1.807, 2.05) is 20.8 Å². The van der Waals surface area contributed by atoms with Gasteiger partial charge in [-0.3, -0.25) is 14.4 Å². The number of carbonyl (C=O) groups excluding carboxylic acids is 2. The van der Waals surface area contributed by atoms with Gasteiger partial charge in [-0.2, -0.15) is 0 Å². The summed E-state index contributed by atoms with van der Waals surface area (Å²) in [6.07, 6.45) is 6.92. The SMILES string of the molecule is CCCC(=O)O.CCCC(=O)OCCC(C)C.CCCCOC(=O)CCC. The molecule has 0 heterocycles. The third kappa shape index (κ3) is 36.2. The summed E-state index contributed by atoms with van der Waals surface area (Å²) in [7, 11) is 0. The first kappa shape index (κ1) is 30.1. The Labute approximate surface area is 166 Å². The Morgan fingerprint density at radius 3 is 1.48 bits per heavy atom. The van der Waals surface area contributed by atoms with Gasteiger partial charge in [0.2, 0.25) is 0 Å². The average Bonchev–Trinajstić information content (AvgIpc) is 2.56. The number of carbonyl (C=O) groups is 3. The maximum atomic E-state index is 10.8. The van der Waals surface area contributed by atoms with Gasteiger partial charge in [0.05, 0.1) is 13.2 Å². The van der Waals surface area contributed by atoms with Crippen LogP contribution < -0.4 is 0 Å². The molecule has 0 aliphatic rings. The van der Waals surface area contributed by atoms with Gasteiger partial charge in [0.15, 0.2) is 0 Å². The van der Waals surface area contributed by atoms with Gasteiger partial charge in [-0.25, -0.2) is 0 Å². The number of hydrogen-bond acceptors (Lipinski definition) is 5. The van der Waals surface area contributed by atoms with Crippen molar-refractivity contribution in [2.24, 2.45) is 5.92 Å². The van der Waals surface area contributed by atoms with Gasteiger partial charge >= 0.3 is 17.9 Å². The van der Waals surface area contributed by atoms with E-state index in [4.69, 9.17) is 14.6 Å². The number of rotatable bonds is 12. The maximum absolute atomic E-state index is 10.8. The normalized spacial score (nSPS) is 9.44. The van der Waals surface area contributed by atoms with E-state index in [2.05, 4.69) is 20.8 Å². The number of carboxylic acid groups (broad SMARTS) is 1. The molecule has 0 aromatic heterocycles. The summed E-state index contributed by atoms with van der Waals surface area (Å²) in [5, 5.41) is 7.91. The minimum absolute atomic E-state index is 0.0593. The molecule has 0 aliphatic carbocycles. The molecule has 0 spiro atoms. The van der Waals surface area contributed by atoms with Crippen molar-refractivity contribution in [3.63, 3.8) is 0 Å². The Kier molecular flexibility index (Phi) is 27.3. The van der Waals surface area contributed by atoms with E-state index >= 15 is 0 Å². The topological polar surface area (TPSA) is 89.9 Å². The lowest BCUT2D eigenvalue weighted by molar-refractivity contribution is -0.144. The molecule has 0 amide bonds. The van der Waals surface area contributed by atoms with Crippen molar-refractivity contribution in [3.8, 4) is 0 Å². The summed E-state index contributed by atoms with van der Waals surface area (Å²) in [5.41, 5.74) is 0. The lowest BCUT2D eigenvalue weighted by Gasteiger charge is -2.05. The van der Waals surface area contributed by atoms with Crippen LogP contribution in [0.15, 0.2) is 0 Å². The van der Waals surface area contributed by atoms with Crippen LogP contribution in [0.4, 0.5) is 0 Å². The third-order valence-electron chi connectivity index (χ3n) is 3.09. The van der Waals surface area contributed by atoms with E-state index in [1.54, 1.807) is 0 Å². The number of ether oxygens (including phenoxy) is 2. The monoisotopic (exact) mass is 390 g/mol. The molecule has 0 fully saturated rings. The second-order valence-electron chi connectivity index (χ2n) is 6.62. The molecule has 1 N–H and O–H groups in total. The van der Waals surface area contributed by atoms with E-state index in [-0.39, 0.29) is 11.9 Å². The van der Waals surface area contributed by atoms with Gasteiger partial charge in [0, 0.05) is 19.3 Å². The molecule has 0 aromatic carbocycles. The number of hydrogen-bond donors (Lipinski definition) is 1. The Bertz CT molecular complexity index is 353. The molecule has 0 unspecified atom stereocenters. The average molecular weight is 391 g/mol. The molecular formula is C21H42O6. The van der Waals surface area contributed by atoms with E-state index < -0.39 is 5.97 Å². The van der Waals surface area contributed by atoms with Crippen molar-refractivity contribution >= 4 is 17.9 Å². The molecule has 0 atom stereocenters. The van der Waals surface area contributed by atoms with Gasteiger partial charge in [0.25, 0.3) is 0 Å². The van der Waals surface area contributed by atoms with Crippen LogP contribution in [-0.4, -0.2) is 36.2 Å². The van der Waals surface area contributed by atoms with Crippen molar-refractivity contribution in [2.45, 2.75) is 99.3 Å². The van der Waals surface area contributed by atoms with Gasteiger partial charge in [-0.1, -0.05) is 48.0 Å². The van der Waals surface area contributed by atoms with Gasteiger partial charge in [0.1, 0.15) is 0 Å². The first-order valence-electron chi connectivity index (χ1n) is 10.3. The lowest BCUT2D eigenvalue weighted by atomic mass is 10.1. The Morgan fingerprint density at radius 1 is 0.741 bits per heavy atom. The fourth-order valence-electron chi connectivity index (χ4n) is 1.51. The highest BCUT2D eigenvalue weighted by molar-refractivity contribution is 5.69. The zero-order valence-electron chi connectivity index (χ0n) is 18.3. The predicted molar refractivity (Wildman–Crippen MR) is 109 cm³/mol. The molecule has 0 radical (unpaired) electrons. The standard InChI is InChI=1S/C9H18O2.C8H16O2.C4H8O2/c1-4-5-9(10)11-7-6-8(2)3;1-3-5-7-10-8(9)6-4-2;1-2-3-4(5)6/h8H,4-7H2,1-3H3;3-7H2,1-2H3;2-3H2,1H3,(H,5,6). The minimum Gasteiger partial charge on any atom is -0.481 e. The largest absolute Gasteiger partial charge is 0.481 e. The predicted octanol–water partition coefficient (Wildman–Crippen LogP) is 5.38. The highest BCUT2D eigenvalue weighted by Crippen LogP contribution is 2.00. The third-order valence-corrected chi connectivity index (χ3v) is 3.09. The van der Waals surface area contributed by atoms with Gasteiger partial charge < -0.3 is 14.6 Å². The van der Waals surface area contributed by atoms with Gasteiger partial charge in [-0.15, -0.1) is 0 Å². The summed E-state index contributed by atoms with van der Waals surface area (Å²) in [5.74, 6) is -0.217. The first-order chi connectivity index (χ1) is 12.7. The summed E-state index contributed by atoms with van der Waals surface area (Å²) in [4.78, 5) is 31.1. The fraction of sp³-hybridized carbons (Fsp3) is 0.857. The second-order valence-corrected chi connectivity index (χ2v) is 6.62. The van der Waals surface area contributed by atoms with Crippen LogP contribution in [0.3, 0.4) is 0 Å². The zero-order chi connectivity index (χ0) is 21.5. The number of esters is 2. The molecule has 6 heteroatoms. The van der Waals surface area contributed by atoms with Crippen LogP contribution >= 0.6 is 0 Å². The molecule has 0 aromatic rings. The maximum Gasteiger partial charge on any atom is 0.305 e.